The van der Waals surface area contributed by atoms with Crippen molar-refractivity contribution >= 4 is 35.6 Å². The van der Waals surface area contributed by atoms with Gasteiger partial charge in [0.2, 0.25) is 0 Å². The molecule has 2 fully saturated rings. The molecular weight excluding hydrogens is 465 g/mol. The maximum Gasteiger partial charge on any atom is 0.193 e. The molecule has 152 valence electrons. The highest BCUT2D eigenvalue weighted by Crippen LogP contribution is 2.28. The molecule has 0 amide bonds. The Morgan fingerprint density at radius 3 is 2.63 bits per heavy atom. The molecule has 1 N–H and O–H groups in total. The van der Waals surface area contributed by atoms with E-state index in [9.17, 15) is 8.78 Å². The van der Waals surface area contributed by atoms with Gasteiger partial charge in [-0.25, -0.2) is 8.78 Å². The molecule has 1 aromatic rings. The Kier molecular flexibility index (Phi) is 9.01. The second-order valence-electron chi connectivity index (χ2n) is 6.92. The average molecular weight is 494 g/mol. The van der Waals surface area contributed by atoms with Gasteiger partial charge in [0.1, 0.15) is 11.6 Å². The molecule has 2 aliphatic rings. The van der Waals surface area contributed by atoms with E-state index in [4.69, 9.17) is 4.74 Å². The number of anilines is 1. The Bertz CT molecular complexity index is 620. The molecule has 0 unspecified atom stereocenters. The third kappa shape index (κ3) is 6.74. The smallest absolute Gasteiger partial charge is 0.193 e. The molecule has 1 heterocycles. The Morgan fingerprint density at radius 2 is 1.96 bits per heavy atom. The summed E-state index contributed by atoms with van der Waals surface area (Å²) in [5.41, 5.74) is 0.334. The van der Waals surface area contributed by atoms with E-state index in [0.717, 1.165) is 44.1 Å². The van der Waals surface area contributed by atoms with Gasteiger partial charge in [-0.05, 0) is 37.3 Å². The molecule has 0 atom stereocenters. The van der Waals surface area contributed by atoms with Crippen LogP contribution >= 0.6 is 24.0 Å². The molecule has 1 saturated carbocycles. The van der Waals surface area contributed by atoms with Gasteiger partial charge in [0.05, 0.1) is 5.69 Å². The molecule has 3 rings (SSSR count). The standard InChI is InChI=1S/C19H28F2N4O.HI/c1-22-19(23-7-2-12-26-14-15-3-4-15)25-10-8-24(9-11-25)18-13-16(20)5-6-17(18)21;/h5-6,13,15H,2-4,7-12,14H2,1H3,(H,22,23);1H. The lowest BCUT2D eigenvalue weighted by Crippen LogP contribution is -2.52. The topological polar surface area (TPSA) is 40.1 Å². The number of aliphatic imine (C=N–C) groups is 1. The zero-order valence-electron chi connectivity index (χ0n) is 15.8. The largest absolute Gasteiger partial charge is 0.381 e. The van der Waals surface area contributed by atoms with E-state index >= 15 is 0 Å². The highest BCUT2D eigenvalue weighted by atomic mass is 127. The molecule has 0 spiro atoms. The van der Waals surface area contributed by atoms with Crippen molar-refractivity contribution in [3.05, 3.63) is 29.8 Å². The van der Waals surface area contributed by atoms with Crippen molar-refractivity contribution in [1.29, 1.82) is 0 Å². The van der Waals surface area contributed by atoms with Gasteiger partial charge in [0.15, 0.2) is 5.96 Å². The maximum atomic E-state index is 13.9. The van der Waals surface area contributed by atoms with Gasteiger partial charge in [-0.2, -0.15) is 0 Å². The normalized spacial score (nSPS) is 17.7. The van der Waals surface area contributed by atoms with Gasteiger partial charge in [0, 0.05) is 59.1 Å². The molecular formula is C19H29F2IN4O. The van der Waals surface area contributed by atoms with Crippen LogP contribution in [0.4, 0.5) is 14.5 Å². The summed E-state index contributed by atoms with van der Waals surface area (Å²) in [6.07, 6.45) is 3.58. The first-order valence-electron chi connectivity index (χ1n) is 9.40. The van der Waals surface area contributed by atoms with Crippen LogP contribution in [0.2, 0.25) is 0 Å². The SMILES string of the molecule is CN=C(NCCCOCC1CC1)N1CCN(c2cc(F)ccc2F)CC1.I. The first-order valence-corrected chi connectivity index (χ1v) is 9.40. The van der Waals surface area contributed by atoms with Crippen LogP contribution in [0.15, 0.2) is 23.2 Å². The van der Waals surface area contributed by atoms with Gasteiger partial charge in [-0.15, -0.1) is 24.0 Å². The van der Waals surface area contributed by atoms with Crippen molar-refractivity contribution in [1.82, 2.24) is 10.2 Å². The van der Waals surface area contributed by atoms with Crippen molar-refractivity contribution in [3.63, 3.8) is 0 Å². The summed E-state index contributed by atoms with van der Waals surface area (Å²) >= 11 is 0. The summed E-state index contributed by atoms with van der Waals surface area (Å²) < 4.78 is 33.0. The number of nitrogens with one attached hydrogen (secondary N) is 1. The Balaban J connectivity index is 0.00000261. The summed E-state index contributed by atoms with van der Waals surface area (Å²) in [5.74, 6) is 0.861. The van der Waals surface area contributed by atoms with Gasteiger partial charge in [-0.3, -0.25) is 4.99 Å². The summed E-state index contributed by atoms with van der Waals surface area (Å²) in [7, 11) is 1.77. The Morgan fingerprint density at radius 1 is 1.22 bits per heavy atom. The van der Waals surface area contributed by atoms with Crippen LogP contribution in [-0.2, 0) is 4.74 Å². The van der Waals surface area contributed by atoms with Crippen LogP contribution < -0.4 is 10.2 Å². The molecule has 1 aromatic carbocycles. The monoisotopic (exact) mass is 494 g/mol. The maximum absolute atomic E-state index is 13.9. The van der Waals surface area contributed by atoms with E-state index in [-0.39, 0.29) is 29.8 Å². The predicted molar refractivity (Wildman–Crippen MR) is 115 cm³/mol. The van der Waals surface area contributed by atoms with E-state index in [1.165, 1.54) is 25.0 Å². The van der Waals surface area contributed by atoms with E-state index in [1.807, 2.05) is 4.90 Å². The van der Waals surface area contributed by atoms with E-state index in [1.54, 1.807) is 7.05 Å². The van der Waals surface area contributed by atoms with Crippen LogP contribution in [0, 0.1) is 17.6 Å². The fraction of sp³-hybridized carbons (Fsp3) is 0.632. The van der Waals surface area contributed by atoms with Crippen molar-refractivity contribution in [2.24, 2.45) is 10.9 Å². The number of guanidine groups is 1. The number of hydrogen-bond donors (Lipinski definition) is 1. The van der Waals surface area contributed by atoms with Crippen LogP contribution in [-0.4, -0.2) is 63.8 Å². The minimum absolute atomic E-state index is 0. The van der Waals surface area contributed by atoms with E-state index < -0.39 is 5.82 Å². The van der Waals surface area contributed by atoms with Crippen molar-refractivity contribution in [2.75, 3.05) is 57.9 Å². The quantitative estimate of drug-likeness (QED) is 0.274. The highest BCUT2D eigenvalue weighted by Gasteiger charge is 2.22. The van der Waals surface area contributed by atoms with Crippen LogP contribution in [0.25, 0.3) is 0 Å². The number of rotatable bonds is 7. The zero-order valence-corrected chi connectivity index (χ0v) is 18.1. The lowest BCUT2D eigenvalue weighted by Gasteiger charge is -2.37. The summed E-state index contributed by atoms with van der Waals surface area (Å²) in [5, 5.41) is 3.36. The third-order valence-corrected chi connectivity index (χ3v) is 4.84. The minimum atomic E-state index is -0.412. The van der Waals surface area contributed by atoms with Crippen LogP contribution in [0.5, 0.6) is 0 Å². The molecule has 27 heavy (non-hydrogen) atoms. The molecule has 8 heteroatoms. The van der Waals surface area contributed by atoms with Crippen molar-refractivity contribution in [3.8, 4) is 0 Å². The summed E-state index contributed by atoms with van der Waals surface area (Å²) in [6.45, 7) is 5.18. The fourth-order valence-electron chi connectivity index (χ4n) is 3.13. The molecule has 1 aliphatic carbocycles. The Hall–Kier alpha value is -1.16. The average Bonchev–Trinajstić information content (AvgIpc) is 3.48. The number of piperazine rings is 1. The van der Waals surface area contributed by atoms with Crippen molar-refractivity contribution < 1.29 is 13.5 Å². The number of halogens is 3. The van der Waals surface area contributed by atoms with Gasteiger partial charge in [0.25, 0.3) is 0 Å². The molecule has 0 aromatic heterocycles. The molecule has 1 aliphatic heterocycles. The number of ether oxygens (including phenoxy) is 1. The lowest BCUT2D eigenvalue weighted by molar-refractivity contribution is 0.122. The van der Waals surface area contributed by atoms with Crippen LogP contribution in [0.3, 0.4) is 0 Å². The van der Waals surface area contributed by atoms with Gasteiger partial charge < -0.3 is 19.9 Å². The van der Waals surface area contributed by atoms with Gasteiger partial charge >= 0.3 is 0 Å². The Labute approximate surface area is 177 Å². The van der Waals surface area contributed by atoms with Crippen molar-refractivity contribution in [2.45, 2.75) is 19.3 Å². The lowest BCUT2D eigenvalue weighted by atomic mass is 10.2. The molecule has 5 nitrogen and oxygen atoms in total. The second-order valence-corrected chi connectivity index (χ2v) is 6.92. The number of hydrogen-bond acceptors (Lipinski definition) is 3. The van der Waals surface area contributed by atoms with E-state index in [2.05, 4.69) is 15.2 Å². The van der Waals surface area contributed by atoms with Crippen LogP contribution in [0.1, 0.15) is 19.3 Å². The van der Waals surface area contributed by atoms with E-state index in [0.29, 0.717) is 31.9 Å². The fourth-order valence-corrected chi connectivity index (χ4v) is 3.13. The zero-order chi connectivity index (χ0) is 18.4. The number of benzene rings is 1. The molecule has 1 saturated heterocycles. The highest BCUT2D eigenvalue weighted by molar-refractivity contribution is 14.0. The summed E-state index contributed by atoms with van der Waals surface area (Å²) in [4.78, 5) is 8.37. The second kappa shape index (κ2) is 11.0. The van der Waals surface area contributed by atoms with Gasteiger partial charge in [-0.1, -0.05) is 0 Å². The molecule has 0 bridgehead atoms. The first-order chi connectivity index (χ1) is 12.7. The number of nitrogens with zero attached hydrogens (tertiary/aromatic N) is 3. The predicted octanol–water partition coefficient (Wildman–Crippen LogP) is 3.10. The first kappa shape index (κ1) is 22.1. The summed E-state index contributed by atoms with van der Waals surface area (Å²) in [6, 6.07) is 3.59. The molecule has 0 radical (unpaired) electrons. The minimum Gasteiger partial charge on any atom is -0.381 e. The third-order valence-electron chi connectivity index (χ3n) is 4.84.